The molecule has 1 heterocycles. The van der Waals surface area contributed by atoms with Crippen LogP contribution in [0.25, 0.3) is 0 Å². The molecule has 1 aliphatic rings. The highest BCUT2D eigenvalue weighted by atomic mass is 16.5. The van der Waals surface area contributed by atoms with Gasteiger partial charge in [-0.05, 0) is 29.8 Å². The van der Waals surface area contributed by atoms with Crippen LogP contribution in [0.2, 0.25) is 0 Å². The third kappa shape index (κ3) is 3.69. The molecule has 118 valence electrons. The number of hydrogen-bond acceptors (Lipinski definition) is 5. The summed E-state index contributed by atoms with van der Waals surface area (Å²) in [4.78, 5) is 16.4. The van der Waals surface area contributed by atoms with Crippen molar-refractivity contribution in [2.75, 3.05) is 13.7 Å². The van der Waals surface area contributed by atoms with E-state index in [1.165, 1.54) is 0 Å². The van der Waals surface area contributed by atoms with Crippen molar-refractivity contribution in [3.63, 3.8) is 0 Å². The second-order valence-corrected chi connectivity index (χ2v) is 5.08. The fourth-order valence-electron chi connectivity index (χ4n) is 2.21. The molecule has 0 unspecified atom stereocenters. The first-order valence-electron chi connectivity index (χ1n) is 7.32. The number of esters is 1. The molecule has 3 rings (SSSR count). The first-order valence-corrected chi connectivity index (χ1v) is 7.32. The van der Waals surface area contributed by atoms with Crippen LogP contribution in [0.3, 0.4) is 0 Å². The number of nitrogens with zero attached hydrogens (tertiary/aromatic N) is 1. The summed E-state index contributed by atoms with van der Waals surface area (Å²) < 4.78 is 15.9. The van der Waals surface area contributed by atoms with Crippen LogP contribution in [0.5, 0.6) is 5.75 Å². The number of carbonyl (C=O) groups excluding carboxylic acids is 1. The minimum Gasteiger partial charge on any atom is -0.497 e. The van der Waals surface area contributed by atoms with E-state index in [0.717, 1.165) is 16.9 Å². The molecule has 1 aliphatic heterocycles. The number of benzene rings is 2. The van der Waals surface area contributed by atoms with Gasteiger partial charge in [0.05, 0.1) is 7.11 Å². The van der Waals surface area contributed by atoms with Gasteiger partial charge in [-0.3, -0.25) is 0 Å². The van der Waals surface area contributed by atoms with E-state index in [4.69, 9.17) is 14.2 Å². The fourth-order valence-corrected chi connectivity index (χ4v) is 2.21. The average molecular weight is 311 g/mol. The van der Waals surface area contributed by atoms with Gasteiger partial charge in [-0.25, -0.2) is 9.79 Å². The van der Waals surface area contributed by atoms with Crippen LogP contribution in [0.1, 0.15) is 11.1 Å². The summed E-state index contributed by atoms with van der Waals surface area (Å²) in [6, 6.07) is 16.3. The van der Waals surface area contributed by atoms with E-state index in [2.05, 4.69) is 4.99 Å². The van der Waals surface area contributed by atoms with Gasteiger partial charge in [-0.1, -0.05) is 30.3 Å². The Balaban J connectivity index is 1.60. The third-order valence-corrected chi connectivity index (χ3v) is 3.48. The van der Waals surface area contributed by atoms with Crippen LogP contribution in [0, 0.1) is 0 Å². The summed E-state index contributed by atoms with van der Waals surface area (Å²) in [5.41, 5.74) is 1.75. The summed E-state index contributed by atoms with van der Waals surface area (Å²) in [5, 5.41) is 0. The number of methoxy groups -OCH3 is 1. The lowest BCUT2D eigenvalue weighted by molar-refractivity contribution is -0.146. The average Bonchev–Trinajstić information content (AvgIpc) is 3.11. The lowest BCUT2D eigenvalue weighted by Crippen LogP contribution is -2.22. The van der Waals surface area contributed by atoms with Crippen molar-refractivity contribution in [3.05, 3.63) is 65.7 Å². The molecule has 0 N–H and O–H groups in total. The van der Waals surface area contributed by atoms with Gasteiger partial charge in [0.15, 0.2) is 6.04 Å². The summed E-state index contributed by atoms with van der Waals surface area (Å²) in [7, 11) is 1.61. The molecule has 2 aromatic rings. The van der Waals surface area contributed by atoms with Gasteiger partial charge >= 0.3 is 5.97 Å². The normalized spacial score (nSPS) is 16.4. The Morgan fingerprint density at radius 2 is 1.91 bits per heavy atom. The zero-order chi connectivity index (χ0) is 16.1. The third-order valence-electron chi connectivity index (χ3n) is 3.48. The number of hydrogen-bond donors (Lipinski definition) is 0. The Kier molecular flexibility index (Phi) is 4.57. The van der Waals surface area contributed by atoms with Gasteiger partial charge in [0.1, 0.15) is 19.0 Å². The predicted octanol–water partition coefficient (Wildman–Crippen LogP) is 2.58. The van der Waals surface area contributed by atoms with E-state index in [0.29, 0.717) is 5.90 Å². The second-order valence-electron chi connectivity index (χ2n) is 5.08. The zero-order valence-corrected chi connectivity index (χ0v) is 12.8. The van der Waals surface area contributed by atoms with Crippen LogP contribution in [-0.4, -0.2) is 31.6 Å². The van der Waals surface area contributed by atoms with Gasteiger partial charge in [0.25, 0.3) is 0 Å². The van der Waals surface area contributed by atoms with Crippen molar-refractivity contribution >= 4 is 11.9 Å². The van der Waals surface area contributed by atoms with Gasteiger partial charge in [-0.15, -0.1) is 0 Å². The quantitative estimate of drug-likeness (QED) is 0.796. The zero-order valence-electron chi connectivity index (χ0n) is 12.8. The molecule has 5 heteroatoms. The van der Waals surface area contributed by atoms with Crippen molar-refractivity contribution in [1.29, 1.82) is 0 Å². The van der Waals surface area contributed by atoms with E-state index < -0.39 is 6.04 Å². The van der Waals surface area contributed by atoms with E-state index in [1.54, 1.807) is 7.11 Å². The standard InChI is InChI=1S/C18H17NO4/c1-21-15-9-7-14(8-10-15)17-19-16(12-22-17)18(20)23-11-13-5-3-2-4-6-13/h2-10,16H,11-12H2,1H3/t16-/m0/s1. The SMILES string of the molecule is COc1ccc(C2=N[C@H](C(=O)OCc3ccccc3)CO2)cc1. The molecule has 0 saturated carbocycles. The highest BCUT2D eigenvalue weighted by Gasteiger charge is 2.27. The van der Waals surface area contributed by atoms with E-state index >= 15 is 0 Å². The Morgan fingerprint density at radius 3 is 2.61 bits per heavy atom. The maximum atomic E-state index is 12.1. The molecular formula is C18H17NO4. The molecule has 0 fully saturated rings. The van der Waals surface area contributed by atoms with Crippen molar-refractivity contribution in [2.45, 2.75) is 12.6 Å². The Bertz CT molecular complexity index is 695. The fraction of sp³-hybridized carbons (Fsp3) is 0.222. The highest BCUT2D eigenvalue weighted by Crippen LogP contribution is 2.17. The molecule has 23 heavy (non-hydrogen) atoms. The van der Waals surface area contributed by atoms with Gasteiger partial charge in [0.2, 0.25) is 5.90 Å². The Morgan fingerprint density at radius 1 is 1.17 bits per heavy atom. The smallest absolute Gasteiger partial charge is 0.334 e. The first-order chi connectivity index (χ1) is 11.3. The molecule has 0 amide bonds. The van der Waals surface area contributed by atoms with Crippen molar-refractivity contribution < 1.29 is 19.0 Å². The van der Waals surface area contributed by atoms with Gasteiger partial charge < -0.3 is 14.2 Å². The molecule has 0 spiro atoms. The number of aliphatic imine (C=N–C) groups is 1. The minimum absolute atomic E-state index is 0.203. The largest absolute Gasteiger partial charge is 0.497 e. The van der Waals surface area contributed by atoms with E-state index in [1.807, 2.05) is 54.6 Å². The molecule has 0 saturated heterocycles. The molecule has 0 radical (unpaired) electrons. The maximum Gasteiger partial charge on any atom is 0.334 e. The van der Waals surface area contributed by atoms with Crippen molar-refractivity contribution in [1.82, 2.24) is 0 Å². The van der Waals surface area contributed by atoms with Crippen LogP contribution in [-0.2, 0) is 20.9 Å². The topological polar surface area (TPSA) is 57.1 Å². The number of rotatable bonds is 5. The van der Waals surface area contributed by atoms with Crippen LogP contribution < -0.4 is 4.74 Å². The molecule has 1 atom stereocenters. The summed E-state index contributed by atoms with van der Waals surface area (Å²) in [6.07, 6.45) is 0. The number of ether oxygens (including phenoxy) is 3. The predicted molar refractivity (Wildman–Crippen MR) is 85.5 cm³/mol. The summed E-state index contributed by atoms with van der Waals surface area (Å²) in [6.45, 7) is 0.443. The lowest BCUT2D eigenvalue weighted by atomic mass is 10.2. The minimum atomic E-state index is -0.615. The van der Waals surface area contributed by atoms with E-state index in [9.17, 15) is 4.79 Å². The molecule has 0 bridgehead atoms. The lowest BCUT2D eigenvalue weighted by Gasteiger charge is -2.06. The Labute approximate surface area is 134 Å². The molecular weight excluding hydrogens is 294 g/mol. The van der Waals surface area contributed by atoms with Crippen molar-refractivity contribution in [2.24, 2.45) is 4.99 Å². The van der Waals surface area contributed by atoms with Gasteiger partial charge in [0, 0.05) is 5.56 Å². The Hall–Kier alpha value is -2.82. The summed E-state index contributed by atoms with van der Waals surface area (Å²) >= 11 is 0. The molecule has 5 nitrogen and oxygen atoms in total. The highest BCUT2D eigenvalue weighted by molar-refractivity contribution is 5.97. The van der Waals surface area contributed by atoms with E-state index in [-0.39, 0.29) is 19.2 Å². The summed E-state index contributed by atoms with van der Waals surface area (Å²) in [5.74, 6) is 0.831. The second kappa shape index (κ2) is 6.96. The van der Waals surface area contributed by atoms with Gasteiger partial charge in [-0.2, -0.15) is 0 Å². The molecule has 0 aliphatic carbocycles. The van der Waals surface area contributed by atoms with Crippen molar-refractivity contribution in [3.8, 4) is 5.75 Å². The molecule has 0 aromatic heterocycles. The number of carbonyl (C=O) groups is 1. The van der Waals surface area contributed by atoms with Crippen LogP contribution in [0.4, 0.5) is 0 Å². The monoisotopic (exact) mass is 311 g/mol. The van der Waals surface area contributed by atoms with Crippen LogP contribution >= 0.6 is 0 Å². The van der Waals surface area contributed by atoms with Crippen LogP contribution in [0.15, 0.2) is 59.6 Å². The molecule has 2 aromatic carbocycles. The first kappa shape index (κ1) is 15.1. The maximum absolute atomic E-state index is 12.1.